The van der Waals surface area contributed by atoms with E-state index in [2.05, 4.69) is 0 Å². The summed E-state index contributed by atoms with van der Waals surface area (Å²) in [4.78, 5) is 0. The zero-order chi connectivity index (χ0) is 10.4. The van der Waals surface area contributed by atoms with Crippen LogP contribution in [-0.4, -0.2) is 41.6 Å². The lowest BCUT2D eigenvalue weighted by atomic mass is 10.5. The minimum Gasteiger partial charge on any atom is -0.412 e. The smallest absolute Gasteiger partial charge is 0.0483 e. The number of ether oxygens (including phenoxy) is 1. The van der Waals surface area contributed by atoms with Crippen molar-refractivity contribution in [3.05, 3.63) is 0 Å². The highest BCUT2D eigenvalue weighted by atomic mass is 16.5. The van der Waals surface area contributed by atoms with Gasteiger partial charge in [-0.3, -0.25) is 0 Å². The van der Waals surface area contributed by atoms with E-state index in [9.17, 15) is 0 Å². The molecule has 13 heavy (non-hydrogen) atoms. The Balaban J connectivity index is -0.0000000465. The van der Waals surface area contributed by atoms with Gasteiger partial charge in [0, 0.05) is 25.9 Å². The lowest BCUT2D eigenvalue weighted by molar-refractivity contribution is 0.162. The summed E-state index contributed by atoms with van der Waals surface area (Å²) < 4.78 is 4.83. The molecule has 0 rings (SSSR count). The highest BCUT2D eigenvalue weighted by Crippen LogP contribution is 1.65. The van der Waals surface area contributed by atoms with Crippen LogP contribution in [0.25, 0.3) is 0 Å². The lowest BCUT2D eigenvalue weighted by Gasteiger charge is -1.86. The van der Waals surface area contributed by atoms with Crippen LogP contribution >= 0.6 is 0 Å². The molecule has 0 radical (unpaired) electrons. The molecule has 0 aromatic carbocycles. The fourth-order valence-corrected chi connectivity index (χ4v) is 0.204. The van der Waals surface area contributed by atoms with E-state index in [0.29, 0.717) is 0 Å². The topological polar surface area (TPSA) is 81.2 Å². The predicted octanol–water partition coefficient (Wildman–Crippen LogP) is 0.604. The Bertz CT molecular complexity index is 44.1. The van der Waals surface area contributed by atoms with Crippen molar-refractivity contribution in [3.63, 3.8) is 0 Å². The number of aliphatic hydroxyl groups excluding tert-OH is 2. The van der Waals surface area contributed by atoms with Crippen molar-refractivity contribution in [3.8, 4) is 0 Å². The fraction of sp³-hybridized carbons (Fsp3) is 1.00. The molecule has 0 aromatic rings. The van der Waals surface area contributed by atoms with E-state index in [0.717, 1.165) is 13.2 Å². The van der Waals surface area contributed by atoms with Crippen LogP contribution in [-0.2, 0) is 4.74 Å². The molecule has 0 saturated heterocycles. The van der Waals surface area contributed by atoms with Crippen LogP contribution in [0.5, 0.6) is 0 Å². The van der Waals surface area contributed by atoms with E-state index in [4.69, 9.17) is 14.9 Å². The molecule has 0 fully saturated rings. The van der Waals surface area contributed by atoms with Crippen molar-refractivity contribution < 1.29 is 20.4 Å². The molecule has 0 aliphatic heterocycles. The van der Waals surface area contributed by atoms with E-state index in [1.165, 1.54) is 0 Å². The molecule has 0 aliphatic carbocycles. The maximum absolute atomic E-state index is 8.06. The van der Waals surface area contributed by atoms with Gasteiger partial charge in [-0.05, 0) is 34.6 Å². The van der Waals surface area contributed by atoms with Crippen molar-refractivity contribution in [2.24, 2.45) is 0 Å². The van der Waals surface area contributed by atoms with Crippen LogP contribution in [0, 0.1) is 0 Å². The fourth-order valence-electron chi connectivity index (χ4n) is 0.204. The van der Waals surface area contributed by atoms with Gasteiger partial charge >= 0.3 is 0 Å². The summed E-state index contributed by atoms with van der Waals surface area (Å²) >= 11 is 0. The van der Waals surface area contributed by atoms with E-state index in [-0.39, 0.29) is 18.2 Å². The molecule has 0 amide bonds. The van der Waals surface area contributed by atoms with Gasteiger partial charge < -0.3 is 20.4 Å². The summed E-state index contributed by atoms with van der Waals surface area (Å²) in [6, 6.07) is 0. The van der Waals surface area contributed by atoms with Crippen LogP contribution in [0.4, 0.5) is 0 Å². The molecule has 86 valence electrons. The highest BCUT2D eigenvalue weighted by Gasteiger charge is 1.69. The van der Waals surface area contributed by atoms with E-state index < -0.39 is 0 Å². The molecule has 4 nitrogen and oxygen atoms in total. The number of aliphatic hydroxyl groups is 2. The van der Waals surface area contributed by atoms with E-state index in [1.54, 1.807) is 20.8 Å². The first-order chi connectivity index (χ1) is 5.56. The van der Waals surface area contributed by atoms with Crippen LogP contribution in [0.15, 0.2) is 0 Å². The van der Waals surface area contributed by atoms with Gasteiger partial charge in [0.25, 0.3) is 0 Å². The Labute approximate surface area is 81.9 Å². The molecule has 0 aromatic heterocycles. The second kappa shape index (κ2) is 29.7. The van der Waals surface area contributed by atoms with Gasteiger partial charge in [-0.1, -0.05) is 0 Å². The molecule has 0 heterocycles. The summed E-state index contributed by atoms with van der Waals surface area (Å²) in [7, 11) is 0. The number of hydrogen-bond acceptors (Lipinski definition) is 3. The van der Waals surface area contributed by atoms with Gasteiger partial charge in [0.2, 0.25) is 0 Å². The van der Waals surface area contributed by atoms with Crippen molar-refractivity contribution in [1.82, 2.24) is 0 Å². The highest BCUT2D eigenvalue weighted by molar-refractivity contribution is 4.20. The van der Waals surface area contributed by atoms with Crippen molar-refractivity contribution in [2.45, 2.75) is 40.7 Å². The second-order valence-corrected chi connectivity index (χ2v) is 2.19. The molecular weight excluding hydrogens is 172 g/mol. The number of rotatable bonds is 2. The molecule has 0 spiro atoms. The molecule has 0 aliphatic rings. The quantitative estimate of drug-likeness (QED) is 0.682. The standard InChI is InChI=1S/C4H10O.C3H8O.C2H6O.H2O/c1-3-5-4-2;1-3(2)4;1-2-3;/h3-4H2,1-2H3;3-4H,1-2H3;3H,2H2,1H3;1H2. The average Bonchev–Trinajstić information content (AvgIpc) is 1.89. The molecule has 4 N–H and O–H groups in total. The van der Waals surface area contributed by atoms with Gasteiger partial charge in [0.05, 0.1) is 0 Å². The Morgan fingerprint density at radius 2 is 1.23 bits per heavy atom. The third-order valence-corrected chi connectivity index (χ3v) is 0.408. The van der Waals surface area contributed by atoms with Crippen molar-refractivity contribution in [2.75, 3.05) is 19.8 Å². The lowest BCUT2D eigenvalue weighted by Crippen LogP contribution is -1.85. The minimum absolute atomic E-state index is 0. The van der Waals surface area contributed by atoms with Crippen LogP contribution in [0.2, 0.25) is 0 Å². The van der Waals surface area contributed by atoms with Gasteiger partial charge in [0.1, 0.15) is 0 Å². The molecule has 0 bridgehead atoms. The number of hydrogen-bond donors (Lipinski definition) is 2. The summed E-state index contributed by atoms with van der Waals surface area (Å²) in [5.74, 6) is 0. The minimum atomic E-state index is -0.167. The second-order valence-electron chi connectivity index (χ2n) is 2.19. The van der Waals surface area contributed by atoms with Crippen molar-refractivity contribution in [1.29, 1.82) is 0 Å². The Kier molecular flexibility index (Phi) is 52.7. The Morgan fingerprint density at radius 1 is 1.08 bits per heavy atom. The zero-order valence-electron chi connectivity index (χ0n) is 9.50. The van der Waals surface area contributed by atoms with Gasteiger partial charge in [0.15, 0.2) is 0 Å². The Morgan fingerprint density at radius 3 is 1.23 bits per heavy atom. The summed E-state index contributed by atoms with van der Waals surface area (Å²) in [5.41, 5.74) is 0. The van der Waals surface area contributed by atoms with E-state index >= 15 is 0 Å². The molecule has 0 unspecified atom stereocenters. The zero-order valence-corrected chi connectivity index (χ0v) is 9.50. The van der Waals surface area contributed by atoms with E-state index in [1.807, 2.05) is 13.8 Å². The molecule has 0 saturated carbocycles. The van der Waals surface area contributed by atoms with Crippen molar-refractivity contribution >= 4 is 0 Å². The summed E-state index contributed by atoms with van der Waals surface area (Å²) in [6.07, 6.45) is -0.167. The van der Waals surface area contributed by atoms with Gasteiger partial charge in [-0.2, -0.15) is 0 Å². The van der Waals surface area contributed by atoms with Gasteiger partial charge in [-0.15, -0.1) is 0 Å². The SMILES string of the molecule is CC(C)O.CCO.CCOCC.O. The molecule has 4 heteroatoms. The third kappa shape index (κ3) is 339. The maximum atomic E-state index is 8.06. The summed E-state index contributed by atoms with van der Waals surface area (Å²) in [5, 5.41) is 15.6. The van der Waals surface area contributed by atoms with Crippen LogP contribution < -0.4 is 0 Å². The van der Waals surface area contributed by atoms with Crippen LogP contribution in [0.3, 0.4) is 0 Å². The average molecular weight is 198 g/mol. The first-order valence-corrected chi connectivity index (χ1v) is 4.43. The summed E-state index contributed by atoms with van der Waals surface area (Å²) in [6.45, 7) is 11.0. The maximum Gasteiger partial charge on any atom is 0.0483 e. The monoisotopic (exact) mass is 198 g/mol. The first kappa shape index (κ1) is 23.0. The normalized spacial score (nSPS) is 7.38. The molecule has 0 atom stereocenters. The Hall–Kier alpha value is -0.160. The van der Waals surface area contributed by atoms with Crippen LogP contribution in [0.1, 0.15) is 34.6 Å². The van der Waals surface area contributed by atoms with Gasteiger partial charge in [-0.25, -0.2) is 0 Å². The predicted molar refractivity (Wildman–Crippen MR) is 55.9 cm³/mol. The first-order valence-electron chi connectivity index (χ1n) is 4.43. The largest absolute Gasteiger partial charge is 0.412 e. The molecular formula is C9H26O4. The third-order valence-electron chi connectivity index (χ3n) is 0.408.